The van der Waals surface area contributed by atoms with E-state index >= 15 is 0 Å². The van der Waals surface area contributed by atoms with Crippen molar-refractivity contribution >= 4 is 15.9 Å². The van der Waals surface area contributed by atoms with E-state index in [1.807, 2.05) is 17.0 Å². The van der Waals surface area contributed by atoms with Gasteiger partial charge in [0.2, 0.25) is 0 Å². The SMILES string of the molecule is Cc1ccc(C2CCCN2C(=O)NC2CCS(=O)(=O)c3ccccc32)cc1C. The van der Waals surface area contributed by atoms with Crippen molar-refractivity contribution in [2.24, 2.45) is 0 Å². The summed E-state index contributed by atoms with van der Waals surface area (Å²) >= 11 is 0. The van der Waals surface area contributed by atoms with Crippen LogP contribution in [0.5, 0.6) is 0 Å². The van der Waals surface area contributed by atoms with E-state index < -0.39 is 9.84 Å². The minimum atomic E-state index is -3.26. The van der Waals surface area contributed by atoms with E-state index in [9.17, 15) is 13.2 Å². The number of nitrogens with one attached hydrogen (secondary N) is 1. The summed E-state index contributed by atoms with van der Waals surface area (Å²) in [6.07, 6.45) is 2.33. The average molecular weight is 399 g/mol. The van der Waals surface area contributed by atoms with Crippen LogP contribution < -0.4 is 5.32 Å². The van der Waals surface area contributed by atoms with Crippen molar-refractivity contribution in [2.75, 3.05) is 12.3 Å². The fourth-order valence-corrected chi connectivity index (χ4v) is 5.92. The standard InChI is InChI=1S/C22H26N2O3S/c1-15-9-10-17(14-16(15)2)20-7-5-12-24(20)22(25)23-19-11-13-28(26,27)21-8-4-3-6-18(19)21/h3-4,6,8-10,14,19-20H,5,7,11-13H2,1-2H3,(H,23,25). The Morgan fingerprint density at radius 1 is 1.07 bits per heavy atom. The number of aryl methyl sites for hydroxylation is 2. The quantitative estimate of drug-likeness (QED) is 0.829. The first-order valence-electron chi connectivity index (χ1n) is 9.83. The normalized spacial score (nSPS) is 23.3. The predicted molar refractivity (Wildman–Crippen MR) is 109 cm³/mol. The zero-order chi connectivity index (χ0) is 19.9. The number of urea groups is 1. The van der Waals surface area contributed by atoms with E-state index in [-0.39, 0.29) is 23.9 Å². The third-order valence-corrected chi connectivity index (χ3v) is 7.85. The second-order valence-corrected chi connectivity index (χ2v) is 9.92. The third-order valence-electron chi connectivity index (χ3n) is 6.03. The van der Waals surface area contributed by atoms with Crippen molar-refractivity contribution in [3.63, 3.8) is 0 Å². The lowest BCUT2D eigenvalue weighted by Crippen LogP contribution is -2.43. The van der Waals surface area contributed by atoms with Crippen molar-refractivity contribution in [2.45, 2.75) is 50.1 Å². The van der Waals surface area contributed by atoms with E-state index in [0.717, 1.165) is 19.4 Å². The second-order valence-electron chi connectivity index (χ2n) is 7.84. The number of hydrogen-bond donors (Lipinski definition) is 1. The molecule has 5 nitrogen and oxygen atoms in total. The van der Waals surface area contributed by atoms with Gasteiger partial charge in [0.05, 0.1) is 22.7 Å². The molecule has 2 aromatic carbocycles. The zero-order valence-corrected chi connectivity index (χ0v) is 17.1. The summed E-state index contributed by atoms with van der Waals surface area (Å²) in [6, 6.07) is 13.1. The zero-order valence-electron chi connectivity index (χ0n) is 16.3. The van der Waals surface area contributed by atoms with Crippen LogP contribution in [0.3, 0.4) is 0 Å². The van der Waals surface area contributed by atoms with Crippen LogP contribution in [0.2, 0.25) is 0 Å². The predicted octanol–water partition coefficient (Wildman–Crippen LogP) is 4.07. The molecule has 2 aromatic rings. The molecule has 2 unspecified atom stereocenters. The molecule has 4 rings (SSSR count). The molecule has 148 valence electrons. The van der Waals surface area contributed by atoms with Gasteiger partial charge in [-0.15, -0.1) is 0 Å². The molecule has 0 spiro atoms. The molecule has 2 atom stereocenters. The number of rotatable bonds is 2. The summed E-state index contributed by atoms with van der Waals surface area (Å²) in [6.45, 7) is 4.90. The van der Waals surface area contributed by atoms with Gasteiger partial charge < -0.3 is 10.2 Å². The molecule has 1 saturated heterocycles. The van der Waals surface area contributed by atoms with Crippen LogP contribution in [-0.4, -0.2) is 31.6 Å². The molecule has 6 heteroatoms. The maximum absolute atomic E-state index is 13.1. The smallest absolute Gasteiger partial charge is 0.318 e. The van der Waals surface area contributed by atoms with Gasteiger partial charge in [0, 0.05) is 6.54 Å². The van der Waals surface area contributed by atoms with Crippen LogP contribution in [0.1, 0.15) is 53.6 Å². The first-order chi connectivity index (χ1) is 13.4. The Hall–Kier alpha value is -2.34. The van der Waals surface area contributed by atoms with Crippen molar-refractivity contribution in [3.05, 3.63) is 64.7 Å². The van der Waals surface area contributed by atoms with Gasteiger partial charge in [-0.1, -0.05) is 36.4 Å². The molecule has 0 aromatic heterocycles. The van der Waals surface area contributed by atoms with Gasteiger partial charge in [0.1, 0.15) is 0 Å². The first kappa shape index (κ1) is 19.0. The number of hydrogen-bond acceptors (Lipinski definition) is 3. The van der Waals surface area contributed by atoms with Gasteiger partial charge in [0.25, 0.3) is 0 Å². The van der Waals surface area contributed by atoms with Crippen LogP contribution >= 0.6 is 0 Å². The maximum Gasteiger partial charge on any atom is 0.318 e. The van der Waals surface area contributed by atoms with Gasteiger partial charge in [-0.3, -0.25) is 0 Å². The van der Waals surface area contributed by atoms with Gasteiger partial charge in [-0.05, 0) is 61.4 Å². The molecule has 2 amide bonds. The lowest BCUT2D eigenvalue weighted by atomic mass is 9.99. The summed E-state index contributed by atoms with van der Waals surface area (Å²) in [5.41, 5.74) is 4.35. The summed E-state index contributed by atoms with van der Waals surface area (Å²) in [4.78, 5) is 15.3. The lowest BCUT2D eigenvalue weighted by molar-refractivity contribution is 0.188. The van der Waals surface area contributed by atoms with Crippen LogP contribution in [-0.2, 0) is 9.84 Å². The third kappa shape index (κ3) is 3.41. The number of carbonyl (C=O) groups excluding carboxylic acids is 1. The maximum atomic E-state index is 13.1. The largest absolute Gasteiger partial charge is 0.331 e. The van der Waals surface area contributed by atoms with Crippen LogP contribution in [0, 0.1) is 13.8 Å². The number of carbonyl (C=O) groups is 1. The fraction of sp³-hybridized carbons (Fsp3) is 0.409. The van der Waals surface area contributed by atoms with Crippen LogP contribution in [0.25, 0.3) is 0 Å². The molecular formula is C22H26N2O3S. The van der Waals surface area contributed by atoms with Gasteiger partial charge in [-0.25, -0.2) is 13.2 Å². The summed E-state index contributed by atoms with van der Waals surface area (Å²) in [7, 11) is -3.26. The Bertz CT molecular complexity index is 1020. The van der Waals surface area contributed by atoms with Crippen LogP contribution in [0.4, 0.5) is 4.79 Å². The topological polar surface area (TPSA) is 66.5 Å². The van der Waals surface area contributed by atoms with Crippen molar-refractivity contribution in [1.82, 2.24) is 10.2 Å². The summed E-state index contributed by atoms with van der Waals surface area (Å²) < 4.78 is 24.7. The Labute approximate surface area is 166 Å². The molecule has 0 aliphatic carbocycles. The Morgan fingerprint density at radius 3 is 2.64 bits per heavy atom. The monoisotopic (exact) mass is 398 g/mol. The Morgan fingerprint density at radius 2 is 1.86 bits per heavy atom. The molecule has 2 heterocycles. The van der Waals surface area contributed by atoms with Gasteiger partial charge >= 0.3 is 6.03 Å². The second kappa shape index (κ2) is 7.24. The molecule has 0 bridgehead atoms. The highest BCUT2D eigenvalue weighted by molar-refractivity contribution is 7.91. The summed E-state index contributed by atoms with van der Waals surface area (Å²) in [5.74, 6) is 0.0650. The highest BCUT2D eigenvalue weighted by Gasteiger charge is 2.34. The number of likely N-dealkylation sites (tertiary alicyclic amines) is 1. The van der Waals surface area contributed by atoms with E-state index in [2.05, 4.69) is 37.4 Å². The molecule has 2 aliphatic rings. The molecule has 1 N–H and O–H groups in total. The first-order valence-corrected chi connectivity index (χ1v) is 11.5. The molecule has 0 radical (unpaired) electrons. The lowest BCUT2D eigenvalue weighted by Gasteiger charge is -2.31. The van der Waals surface area contributed by atoms with E-state index in [1.165, 1.54) is 16.7 Å². The van der Waals surface area contributed by atoms with Gasteiger partial charge in [-0.2, -0.15) is 0 Å². The molecule has 1 fully saturated rings. The Balaban J connectivity index is 1.56. The highest BCUT2D eigenvalue weighted by atomic mass is 32.2. The van der Waals surface area contributed by atoms with Crippen LogP contribution in [0.15, 0.2) is 47.4 Å². The number of benzene rings is 2. The van der Waals surface area contributed by atoms with E-state index in [4.69, 9.17) is 0 Å². The highest BCUT2D eigenvalue weighted by Crippen LogP contribution is 2.35. The number of amides is 2. The van der Waals surface area contributed by atoms with Crippen molar-refractivity contribution < 1.29 is 13.2 Å². The molecule has 0 saturated carbocycles. The molecular weight excluding hydrogens is 372 g/mol. The number of sulfone groups is 1. The number of fused-ring (bicyclic) bond motifs is 1. The molecule has 2 aliphatic heterocycles. The van der Waals surface area contributed by atoms with E-state index in [1.54, 1.807) is 12.1 Å². The Kier molecular flexibility index (Phi) is 4.91. The van der Waals surface area contributed by atoms with Gasteiger partial charge in [0.15, 0.2) is 9.84 Å². The van der Waals surface area contributed by atoms with E-state index in [0.29, 0.717) is 16.9 Å². The minimum absolute atomic E-state index is 0.0650. The summed E-state index contributed by atoms with van der Waals surface area (Å²) in [5, 5.41) is 3.10. The average Bonchev–Trinajstić information content (AvgIpc) is 3.16. The van der Waals surface area contributed by atoms with Crippen molar-refractivity contribution in [3.8, 4) is 0 Å². The fourth-order valence-electron chi connectivity index (χ4n) is 4.30. The molecule has 28 heavy (non-hydrogen) atoms. The minimum Gasteiger partial charge on any atom is -0.331 e. The van der Waals surface area contributed by atoms with Crippen molar-refractivity contribution in [1.29, 1.82) is 0 Å². The number of nitrogens with zero attached hydrogens (tertiary/aromatic N) is 1.